The second-order valence-corrected chi connectivity index (χ2v) is 14.9. The van der Waals surface area contributed by atoms with Crippen LogP contribution in [0.15, 0.2) is 170 Å². The summed E-state index contributed by atoms with van der Waals surface area (Å²) in [6, 6.07) is 58.2. The number of aryl methyl sites for hydroxylation is 1. The van der Waals surface area contributed by atoms with Crippen LogP contribution < -0.4 is 0 Å². The van der Waals surface area contributed by atoms with Crippen LogP contribution >= 0.6 is 0 Å². The Balaban J connectivity index is 1.16. The summed E-state index contributed by atoms with van der Waals surface area (Å²) in [5.74, 6) is 0. The van der Waals surface area contributed by atoms with Gasteiger partial charge in [-0.2, -0.15) is 0 Å². The minimum absolute atomic E-state index is 0.960. The first-order valence-electron chi connectivity index (χ1n) is 19.1. The number of pyridine rings is 2. The summed E-state index contributed by atoms with van der Waals surface area (Å²) >= 11 is 0. The Morgan fingerprint density at radius 2 is 1.04 bits per heavy atom. The van der Waals surface area contributed by atoms with Gasteiger partial charge in [0.2, 0.25) is 0 Å². The molecule has 0 amide bonds. The number of allylic oxidation sites excluding steroid dienone is 1. The zero-order valence-corrected chi connectivity index (χ0v) is 30.0. The number of hydrogen-bond donors (Lipinski definition) is 0. The van der Waals surface area contributed by atoms with Crippen LogP contribution in [0.4, 0.5) is 0 Å². The smallest absolute Gasteiger partial charge is 0.147 e. The Morgan fingerprint density at radius 1 is 0.455 bits per heavy atom. The highest BCUT2D eigenvalue weighted by molar-refractivity contribution is 6.23. The van der Waals surface area contributed by atoms with Crippen molar-refractivity contribution in [2.45, 2.75) is 12.8 Å². The van der Waals surface area contributed by atoms with Gasteiger partial charge in [-0.25, -0.2) is 4.98 Å². The third-order valence-corrected chi connectivity index (χ3v) is 11.8. The van der Waals surface area contributed by atoms with Gasteiger partial charge in [0.15, 0.2) is 0 Å². The number of benzene rings is 8. The fourth-order valence-electron chi connectivity index (χ4n) is 9.24. The molecule has 3 nitrogen and oxygen atoms in total. The summed E-state index contributed by atoms with van der Waals surface area (Å²) in [7, 11) is 0. The SMILES string of the molecule is C1=Cc2c(nc3c4cccnc4c4cc(-c5ccc6c(-c7ccc8ccccc8c7)c7ccccc7c(-c7ccc8ccccc8c7)c6c5)ccc4n23)CC1. The van der Waals surface area contributed by atoms with Crippen molar-refractivity contribution >= 4 is 76.6 Å². The molecule has 0 saturated heterocycles. The van der Waals surface area contributed by atoms with E-state index in [1.54, 1.807) is 0 Å². The first kappa shape index (κ1) is 30.4. The van der Waals surface area contributed by atoms with E-state index in [1.165, 1.54) is 76.6 Å². The molecule has 1 aliphatic rings. The summed E-state index contributed by atoms with van der Waals surface area (Å²) in [5, 5.41) is 12.2. The minimum atomic E-state index is 0.960. The van der Waals surface area contributed by atoms with Crippen molar-refractivity contribution in [1.82, 2.24) is 14.4 Å². The van der Waals surface area contributed by atoms with Gasteiger partial charge in [0, 0.05) is 17.0 Å². The van der Waals surface area contributed by atoms with E-state index in [0.29, 0.717) is 0 Å². The van der Waals surface area contributed by atoms with Gasteiger partial charge in [0.1, 0.15) is 5.65 Å². The third-order valence-electron chi connectivity index (χ3n) is 11.8. The maximum Gasteiger partial charge on any atom is 0.147 e. The molecule has 0 unspecified atom stereocenters. The molecule has 55 heavy (non-hydrogen) atoms. The van der Waals surface area contributed by atoms with Crippen molar-refractivity contribution in [3.63, 3.8) is 0 Å². The van der Waals surface area contributed by atoms with Gasteiger partial charge in [-0.1, -0.05) is 121 Å². The van der Waals surface area contributed by atoms with E-state index in [9.17, 15) is 0 Å². The summed E-state index contributed by atoms with van der Waals surface area (Å²) < 4.78 is 2.34. The number of nitrogens with zero attached hydrogens (tertiary/aromatic N) is 3. The number of hydrogen-bond acceptors (Lipinski definition) is 2. The van der Waals surface area contributed by atoms with E-state index in [0.717, 1.165) is 51.6 Å². The molecule has 11 aromatic rings. The van der Waals surface area contributed by atoms with Crippen LogP contribution in [0.25, 0.3) is 110 Å². The number of fused-ring (bicyclic) bond motifs is 12. The van der Waals surface area contributed by atoms with Gasteiger partial charge < -0.3 is 0 Å². The summed E-state index contributed by atoms with van der Waals surface area (Å²) in [6.07, 6.45) is 8.39. The van der Waals surface area contributed by atoms with E-state index in [4.69, 9.17) is 9.97 Å². The van der Waals surface area contributed by atoms with Crippen LogP contribution in [0.2, 0.25) is 0 Å². The molecule has 1 aliphatic carbocycles. The topological polar surface area (TPSA) is 30.2 Å². The molecular formula is C52H33N3. The van der Waals surface area contributed by atoms with Gasteiger partial charge in [-0.05, 0) is 138 Å². The average Bonchev–Trinajstić information content (AvgIpc) is 3.65. The highest BCUT2D eigenvalue weighted by Crippen LogP contribution is 2.46. The van der Waals surface area contributed by atoms with Gasteiger partial charge in [0.25, 0.3) is 0 Å². The molecule has 8 aromatic carbocycles. The van der Waals surface area contributed by atoms with Gasteiger partial charge in [-0.3, -0.25) is 9.38 Å². The Kier molecular flexibility index (Phi) is 6.46. The predicted molar refractivity (Wildman–Crippen MR) is 232 cm³/mol. The maximum atomic E-state index is 5.15. The lowest BCUT2D eigenvalue weighted by Crippen LogP contribution is -1.97. The van der Waals surface area contributed by atoms with E-state index < -0.39 is 0 Å². The molecule has 0 aliphatic heterocycles. The molecule has 12 rings (SSSR count). The molecule has 3 aromatic heterocycles. The van der Waals surface area contributed by atoms with Crippen molar-refractivity contribution in [3.8, 4) is 33.4 Å². The van der Waals surface area contributed by atoms with Gasteiger partial charge >= 0.3 is 0 Å². The van der Waals surface area contributed by atoms with Crippen molar-refractivity contribution in [3.05, 3.63) is 181 Å². The molecule has 3 heterocycles. The Labute approximate surface area is 317 Å². The van der Waals surface area contributed by atoms with E-state index >= 15 is 0 Å². The van der Waals surface area contributed by atoms with Crippen molar-refractivity contribution in [2.24, 2.45) is 0 Å². The van der Waals surface area contributed by atoms with Crippen LogP contribution in [0.3, 0.4) is 0 Å². The third kappa shape index (κ3) is 4.57. The van der Waals surface area contributed by atoms with Gasteiger partial charge in [-0.15, -0.1) is 0 Å². The lowest BCUT2D eigenvalue weighted by molar-refractivity contribution is 0.943. The maximum absolute atomic E-state index is 5.15. The molecule has 0 bridgehead atoms. The van der Waals surface area contributed by atoms with Crippen LogP contribution in [0, 0.1) is 0 Å². The lowest BCUT2D eigenvalue weighted by Gasteiger charge is -2.19. The highest BCUT2D eigenvalue weighted by atomic mass is 15.0. The Hall–Kier alpha value is -7.10. The van der Waals surface area contributed by atoms with E-state index in [1.807, 2.05) is 12.3 Å². The molecule has 0 N–H and O–H groups in total. The average molecular weight is 700 g/mol. The Morgan fingerprint density at radius 3 is 1.76 bits per heavy atom. The van der Waals surface area contributed by atoms with Crippen molar-refractivity contribution in [1.29, 1.82) is 0 Å². The second-order valence-electron chi connectivity index (χ2n) is 14.9. The van der Waals surface area contributed by atoms with Crippen LogP contribution in [0.1, 0.15) is 17.8 Å². The number of imidazole rings is 1. The summed E-state index contributed by atoms with van der Waals surface area (Å²) in [5.41, 5.74) is 12.8. The van der Waals surface area contributed by atoms with Gasteiger partial charge in [0.05, 0.1) is 22.4 Å². The molecule has 0 atom stereocenters. The zero-order chi connectivity index (χ0) is 36.0. The first-order valence-corrected chi connectivity index (χ1v) is 19.1. The number of aromatic nitrogens is 3. The summed E-state index contributed by atoms with van der Waals surface area (Å²) in [4.78, 5) is 10.1. The quantitative estimate of drug-likeness (QED) is 0.136. The fourth-order valence-corrected chi connectivity index (χ4v) is 9.24. The minimum Gasteiger partial charge on any atom is -0.292 e. The largest absolute Gasteiger partial charge is 0.292 e. The lowest BCUT2D eigenvalue weighted by atomic mass is 9.84. The molecule has 256 valence electrons. The van der Waals surface area contributed by atoms with Crippen LogP contribution in [-0.2, 0) is 6.42 Å². The number of rotatable bonds is 3. The standard InChI is InChI=1S/C52H33N3/c1-3-12-34-28-38(21-19-32(34)10-1)49-40-14-5-6-15-41(40)50(39-22-20-33-11-2-4-13-35(33)29-39)44-30-36(23-25-42(44)49)37-24-26-47-45(31-37)51-43(16-9-27-53-51)52-54-46-17-7-8-18-48(46)55(47)52/h1-6,8-16,18-31H,7,17H2. The molecular weight excluding hydrogens is 667 g/mol. The van der Waals surface area contributed by atoms with Crippen molar-refractivity contribution < 1.29 is 0 Å². The van der Waals surface area contributed by atoms with Crippen LogP contribution in [0.5, 0.6) is 0 Å². The molecule has 0 spiro atoms. The predicted octanol–water partition coefficient (Wildman–Crippen LogP) is 13.6. The zero-order valence-electron chi connectivity index (χ0n) is 30.0. The molecule has 0 saturated carbocycles. The molecule has 3 heteroatoms. The normalized spacial score (nSPS) is 12.9. The molecule has 0 radical (unpaired) electrons. The van der Waals surface area contributed by atoms with E-state index in [-0.39, 0.29) is 0 Å². The molecule has 0 fully saturated rings. The Bertz CT molecular complexity index is 3440. The second kappa shape index (κ2) is 11.7. The van der Waals surface area contributed by atoms with Crippen molar-refractivity contribution in [2.75, 3.05) is 0 Å². The first-order chi connectivity index (χ1) is 27.3. The summed E-state index contributed by atoms with van der Waals surface area (Å²) in [6.45, 7) is 0. The highest BCUT2D eigenvalue weighted by Gasteiger charge is 2.21. The van der Waals surface area contributed by atoms with Crippen LogP contribution in [-0.4, -0.2) is 14.4 Å². The fraction of sp³-hybridized carbons (Fsp3) is 0.0385. The van der Waals surface area contributed by atoms with E-state index in [2.05, 4.69) is 168 Å². The monoisotopic (exact) mass is 699 g/mol.